The van der Waals surface area contributed by atoms with Crippen LogP contribution in [0.2, 0.25) is 5.02 Å². The molecule has 5 heteroatoms. The van der Waals surface area contributed by atoms with Crippen molar-refractivity contribution in [3.63, 3.8) is 0 Å². The number of carbonyl (C=O) groups excluding carboxylic acids is 1. The Labute approximate surface area is 135 Å². The number of hydrogen-bond acceptors (Lipinski definition) is 3. The predicted molar refractivity (Wildman–Crippen MR) is 87.9 cm³/mol. The van der Waals surface area contributed by atoms with Gasteiger partial charge in [0.2, 0.25) is 5.91 Å². The van der Waals surface area contributed by atoms with Gasteiger partial charge in [0.25, 0.3) is 0 Å². The van der Waals surface area contributed by atoms with E-state index in [9.17, 15) is 4.79 Å². The first-order valence-corrected chi connectivity index (χ1v) is 7.26. The number of hydrogen-bond donors (Lipinski definition) is 1. The molecule has 2 rings (SSSR count). The molecule has 2 aromatic carbocycles. The van der Waals surface area contributed by atoms with E-state index in [0.717, 1.165) is 5.56 Å². The Balaban J connectivity index is 1.93. The highest BCUT2D eigenvalue weighted by molar-refractivity contribution is 6.30. The summed E-state index contributed by atoms with van der Waals surface area (Å²) >= 11 is 5.89. The Bertz CT molecular complexity index is 658. The van der Waals surface area contributed by atoms with Gasteiger partial charge in [0.05, 0.1) is 14.2 Å². The lowest BCUT2D eigenvalue weighted by molar-refractivity contribution is -0.116. The predicted octanol–water partition coefficient (Wildman–Crippen LogP) is 3.93. The number of benzene rings is 2. The normalized spacial score (nSPS) is 10.1. The van der Waals surface area contributed by atoms with E-state index in [1.54, 1.807) is 38.5 Å². The summed E-state index contributed by atoms with van der Waals surface area (Å²) in [5.74, 6) is 1.28. The van der Waals surface area contributed by atoms with Gasteiger partial charge < -0.3 is 14.8 Å². The first-order chi connectivity index (χ1) is 10.6. The zero-order valence-corrected chi connectivity index (χ0v) is 13.3. The lowest BCUT2D eigenvalue weighted by Crippen LogP contribution is -2.12. The molecule has 4 nitrogen and oxygen atoms in total. The molecule has 0 aliphatic rings. The molecule has 0 aliphatic carbocycles. The summed E-state index contributed by atoms with van der Waals surface area (Å²) in [4.78, 5) is 12.0. The van der Waals surface area contributed by atoms with Crippen LogP contribution < -0.4 is 14.8 Å². The Hall–Kier alpha value is -2.20. The van der Waals surface area contributed by atoms with E-state index in [4.69, 9.17) is 21.1 Å². The summed E-state index contributed by atoms with van der Waals surface area (Å²) in [5.41, 5.74) is 1.71. The minimum absolute atomic E-state index is 0.0583. The fourth-order valence-electron chi connectivity index (χ4n) is 2.08. The molecule has 0 unspecified atom stereocenters. The van der Waals surface area contributed by atoms with E-state index in [-0.39, 0.29) is 5.91 Å². The number of ether oxygens (including phenoxy) is 2. The largest absolute Gasteiger partial charge is 0.493 e. The Kier molecular flexibility index (Phi) is 5.67. The van der Waals surface area contributed by atoms with Crippen molar-refractivity contribution in [3.05, 3.63) is 53.1 Å². The van der Waals surface area contributed by atoms with Crippen molar-refractivity contribution in [3.8, 4) is 11.5 Å². The molecular weight excluding hydrogens is 302 g/mol. The lowest BCUT2D eigenvalue weighted by atomic mass is 10.1. The highest BCUT2D eigenvalue weighted by Crippen LogP contribution is 2.28. The Morgan fingerprint density at radius 1 is 1.09 bits per heavy atom. The number of carbonyl (C=O) groups is 1. The van der Waals surface area contributed by atoms with Crippen LogP contribution in [0.4, 0.5) is 5.69 Å². The standard InChI is InChI=1S/C17H18ClNO3/c1-21-15-8-6-12(10-16(15)22-2)7-9-17(20)19-14-5-3-4-13(18)11-14/h3-6,8,10-11H,7,9H2,1-2H3,(H,19,20). The zero-order chi connectivity index (χ0) is 15.9. The second kappa shape index (κ2) is 7.71. The third-order valence-electron chi connectivity index (χ3n) is 3.20. The summed E-state index contributed by atoms with van der Waals surface area (Å²) in [7, 11) is 3.18. The molecule has 0 spiro atoms. The molecule has 22 heavy (non-hydrogen) atoms. The van der Waals surface area contributed by atoms with Crippen LogP contribution in [0, 0.1) is 0 Å². The maximum absolute atomic E-state index is 12.0. The number of rotatable bonds is 6. The summed E-state index contributed by atoms with van der Waals surface area (Å²) in [6.45, 7) is 0. The molecular formula is C17H18ClNO3. The molecule has 0 aliphatic heterocycles. The van der Waals surface area contributed by atoms with Crippen molar-refractivity contribution < 1.29 is 14.3 Å². The van der Waals surface area contributed by atoms with E-state index >= 15 is 0 Å². The molecule has 0 bridgehead atoms. The van der Waals surface area contributed by atoms with Gasteiger partial charge in [0.15, 0.2) is 11.5 Å². The van der Waals surface area contributed by atoms with Crippen molar-refractivity contribution >= 4 is 23.2 Å². The fourth-order valence-corrected chi connectivity index (χ4v) is 2.27. The average Bonchev–Trinajstić information content (AvgIpc) is 2.52. The summed E-state index contributed by atoms with van der Waals surface area (Å²) in [6, 6.07) is 12.7. The second-order valence-corrected chi connectivity index (χ2v) is 5.18. The number of anilines is 1. The Morgan fingerprint density at radius 3 is 2.55 bits per heavy atom. The van der Waals surface area contributed by atoms with Gasteiger partial charge in [-0.1, -0.05) is 23.7 Å². The summed E-state index contributed by atoms with van der Waals surface area (Å²) < 4.78 is 10.4. The van der Waals surface area contributed by atoms with E-state index < -0.39 is 0 Å². The monoisotopic (exact) mass is 319 g/mol. The van der Waals surface area contributed by atoms with Crippen molar-refractivity contribution in [2.45, 2.75) is 12.8 Å². The Morgan fingerprint density at radius 2 is 1.86 bits per heavy atom. The number of amides is 1. The average molecular weight is 320 g/mol. The molecule has 116 valence electrons. The molecule has 0 radical (unpaired) electrons. The van der Waals surface area contributed by atoms with Crippen molar-refractivity contribution in [2.75, 3.05) is 19.5 Å². The molecule has 0 aromatic heterocycles. The van der Waals surface area contributed by atoms with Gasteiger partial charge in [-0.25, -0.2) is 0 Å². The van der Waals surface area contributed by atoms with Gasteiger partial charge in [-0.15, -0.1) is 0 Å². The van der Waals surface area contributed by atoms with Crippen molar-refractivity contribution in [2.24, 2.45) is 0 Å². The number of nitrogens with one attached hydrogen (secondary N) is 1. The topological polar surface area (TPSA) is 47.6 Å². The molecule has 0 saturated carbocycles. The van der Waals surface area contributed by atoms with E-state index in [1.807, 2.05) is 18.2 Å². The van der Waals surface area contributed by atoms with E-state index in [1.165, 1.54) is 0 Å². The van der Waals surface area contributed by atoms with Gasteiger partial charge >= 0.3 is 0 Å². The van der Waals surface area contributed by atoms with Crippen LogP contribution in [0.15, 0.2) is 42.5 Å². The first-order valence-electron chi connectivity index (χ1n) is 6.88. The van der Waals surface area contributed by atoms with Crippen molar-refractivity contribution in [1.29, 1.82) is 0 Å². The zero-order valence-electron chi connectivity index (χ0n) is 12.6. The summed E-state index contributed by atoms with van der Waals surface area (Å²) in [6.07, 6.45) is 0.995. The number of methoxy groups -OCH3 is 2. The number of halogens is 1. The third kappa shape index (κ3) is 4.40. The van der Waals surface area contributed by atoms with Gasteiger partial charge in [0, 0.05) is 17.1 Å². The molecule has 1 amide bonds. The minimum atomic E-state index is -0.0583. The lowest BCUT2D eigenvalue weighted by Gasteiger charge is -2.10. The van der Waals surface area contributed by atoms with E-state index in [0.29, 0.717) is 35.1 Å². The van der Waals surface area contributed by atoms with Gasteiger partial charge in [0.1, 0.15) is 0 Å². The first kappa shape index (κ1) is 16.2. The molecule has 0 heterocycles. The molecule has 1 N–H and O–H groups in total. The second-order valence-electron chi connectivity index (χ2n) is 4.75. The fraction of sp³-hybridized carbons (Fsp3) is 0.235. The van der Waals surface area contributed by atoms with Gasteiger partial charge in [-0.05, 0) is 42.3 Å². The maximum Gasteiger partial charge on any atom is 0.224 e. The maximum atomic E-state index is 12.0. The van der Waals surface area contributed by atoms with Crippen LogP contribution in [-0.4, -0.2) is 20.1 Å². The van der Waals surface area contributed by atoms with Gasteiger partial charge in [-0.2, -0.15) is 0 Å². The van der Waals surface area contributed by atoms with Crippen LogP contribution in [0.3, 0.4) is 0 Å². The van der Waals surface area contributed by atoms with Crippen LogP contribution in [0.1, 0.15) is 12.0 Å². The van der Waals surface area contributed by atoms with Crippen LogP contribution in [0.25, 0.3) is 0 Å². The molecule has 0 atom stereocenters. The van der Waals surface area contributed by atoms with Crippen molar-refractivity contribution in [1.82, 2.24) is 0 Å². The highest BCUT2D eigenvalue weighted by Gasteiger charge is 2.07. The van der Waals surface area contributed by atoms with Crippen LogP contribution in [0.5, 0.6) is 11.5 Å². The third-order valence-corrected chi connectivity index (χ3v) is 3.43. The van der Waals surface area contributed by atoms with E-state index in [2.05, 4.69) is 5.32 Å². The van der Waals surface area contributed by atoms with Crippen LogP contribution in [-0.2, 0) is 11.2 Å². The SMILES string of the molecule is COc1ccc(CCC(=O)Nc2cccc(Cl)c2)cc1OC. The molecule has 2 aromatic rings. The minimum Gasteiger partial charge on any atom is -0.493 e. The number of aryl methyl sites for hydroxylation is 1. The smallest absolute Gasteiger partial charge is 0.224 e. The molecule has 0 fully saturated rings. The quantitative estimate of drug-likeness (QED) is 0.877. The summed E-state index contributed by atoms with van der Waals surface area (Å²) in [5, 5.41) is 3.42. The molecule has 0 saturated heterocycles. The van der Waals surface area contributed by atoms with Crippen LogP contribution >= 0.6 is 11.6 Å². The highest BCUT2D eigenvalue weighted by atomic mass is 35.5. The van der Waals surface area contributed by atoms with Gasteiger partial charge in [-0.3, -0.25) is 4.79 Å².